The van der Waals surface area contributed by atoms with Crippen LogP contribution in [-0.4, -0.2) is 36.1 Å². The summed E-state index contributed by atoms with van der Waals surface area (Å²) >= 11 is 0. The lowest BCUT2D eigenvalue weighted by Crippen LogP contribution is -2.47. The molecule has 0 saturated carbocycles. The minimum atomic E-state index is 0.207. The van der Waals surface area contributed by atoms with Crippen molar-refractivity contribution >= 4 is 0 Å². The van der Waals surface area contributed by atoms with E-state index in [1.54, 1.807) is 0 Å². The molecule has 2 fully saturated rings. The van der Waals surface area contributed by atoms with Gasteiger partial charge in [0.1, 0.15) is 0 Å². The zero-order valence-corrected chi connectivity index (χ0v) is 11.7. The maximum absolute atomic E-state index is 3.52. The SMILES string of the molecule is C[C@]1([C@@H](C#Cc2ccccc2)N2CCCCC2)CN1. The summed E-state index contributed by atoms with van der Waals surface area (Å²) in [5.41, 5.74) is 1.33. The van der Waals surface area contributed by atoms with Crippen LogP contribution in [0.25, 0.3) is 0 Å². The smallest absolute Gasteiger partial charge is 0.0912 e. The van der Waals surface area contributed by atoms with E-state index in [1.165, 1.54) is 32.4 Å². The maximum atomic E-state index is 3.52. The highest BCUT2D eigenvalue weighted by Crippen LogP contribution is 2.27. The van der Waals surface area contributed by atoms with Crippen LogP contribution in [0.15, 0.2) is 30.3 Å². The van der Waals surface area contributed by atoms with Gasteiger partial charge < -0.3 is 5.32 Å². The highest BCUT2D eigenvalue weighted by Gasteiger charge is 2.46. The van der Waals surface area contributed by atoms with Gasteiger partial charge in [0.15, 0.2) is 0 Å². The Bertz CT molecular complexity index is 473. The summed E-state index contributed by atoms with van der Waals surface area (Å²) in [6.07, 6.45) is 4.01. The molecule has 2 nitrogen and oxygen atoms in total. The van der Waals surface area contributed by atoms with Gasteiger partial charge in [-0.2, -0.15) is 0 Å². The Morgan fingerprint density at radius 2 is 1.84 bits per heavy atom. The molecule has 0 aliphatic carbocycles. The third-order valence-corrected chi connectivity index (χ3v) is 4.22. The number of hydrogen-bond acceptors (Lipinski definition) is 2. The number of piperidine rings is 1. The molecule has 2 saturated heterocycles. The lowest BCUT2D eigenvalue weighted by molar-refractivity contribution is 0.173. The first-order chi connectivity index (χ1) is 9.28. The van der Waals surface area contributed by atoms with Gasteiger partial charge in [-0.1, -0.05) is 36.5 Å². The van der Waals surface area contributed by atoms with Crippen LogP contribution in [0.1, 0.15) is 31.7 Å². The van der Waals surface area contributed by atoms with Crippen molar-refractivity contribution in [2.45, 2.75) is 37.8 Å². The summed E-state index contributed by atoms with van der Waals surface area (Å²) in [6.45, 7) is 5.79. The quantitative estimate of drug-likeness (QED) is 0.647. The highest BCUT2D eigenvalue weighted by atomic mass is 15.3. The van der Waals surface area contributed by atoms with Crippen molar-refractivity contribution in [2.75, 3.05) is 19.6 Å². The summed E-state index contributed by atoms with van der Waals surface area (Å²) in [5, 5.41) is 3.50. The van der Waals surface area contributed by atoms with Crippen LogP contribution in [0, 0.1) is 11.8 Å². The molecule has 2 heterocycles. The largest absolute Gasteiger partial charge is 0.306 e. The predicted octanol–water partition coefficient (Wildman–Crippen LogP) is 2.25. The molecule has 0 unspecified atom stereocenters. The number of nitrogens with one attached hydrogen (secondary N) is 1. The molecule has 2 heteroatoms. The molecule has 0 amide bonds. The van der Waals surface area contributed by atoms with Gasteiger partial charge in [0, 0.05) is 12.1 Å². The number of benzene rings is 1. The zero-order chi connectivity index (χ0) is 13.1. The van der Waals surface area contributed by atoms with E-state index in [0.29, 0.717) is 6.04 Å². The van der Waals surface area contributed by atoms with Crippen molar-refractivity contribution in [3.63, 3.8) is 0 Å². The molecule has 0 spiro atoms. The van der Waals surface area contributed by atoms with E-state index in [0.717, 1.165) is 12.1 Å². The Morgan fingerprint density at radius 1 is 1.16 bits per heavy atom. The molecule has 2 atom stereocenters. The molecule has 3 rings (SSSR count). The number of rotatable bonds is 2. The minimum Gasteiger partial charge on any atom is -0.306 e. The number of hydrogen-bond donors (Lipinski definition) is 1. The average molecular weight is 254 g/mol. The van der Waals surface area contributed by atoms with Gasteiger partial charge >= 0.3 is 0 Å². The fraction of sp³-hybridized carbons (Fsp3) is 0.529. The van der Waals surface area contributed by atoms with E-state index in [4.69, 9.17) is 0 Å². The Labute approximate surface area is 116 Å². The first kappa shape index (κ1) is 12.7. The number of nitrogens with zero attached hydrogens (tertiary/aromatic N) is 1. The van der Waals surface area contributed by atoms with E-state index in [1.807, 2.05) is 6.07 Å². The van der Waals surface area contributed by atoms with Crippen LogP contribution in [0.3, 0.4) is 0 Å². The van der Waals surface area contributed by atoms with Gasteiger partial charge in [-0.15, -0.1) is 0 Å². The molecular formula is C17H22N2. The van der Waals surface area contributed by atoms with E-state index in [-0.39, 0.29) is 5.54 Å². The zero-order valence-electron chi connectivity index (χ0n) is 11.7. The van der Waals surface area contributed by atoms with E-state index in [9.17, 15) is 0 Å². The molecule has 2 aliphatic rings. The highest BCUT2D eigenvalue weighted by molar-refractivity contribution is 5.37. The monoisotopic (exact) mass is 254 g/mol. The molecule has 1 aromatic carbocycles. The fourth-order valence-corrected chi connectivity index (χ4v) is 2.84. The van der Waals surface area contributed by atoms with Crippen LogP contribution in [0.5, 0.6) is 0 Å². The summed E-state index contributed by atoms with van der Waals surface area (Å²) < 4.78 is 0. The van der Waals surface area contributed by atoms with Crippen molar-refractivity contribution in [3.8, 4) is 11.8 Å². The van der Waals surface area contributed by atoms with Gasteiger partial charge in [0.25, 0.3) is 0 Å². The van der Waals surface area contributed by atoms with Gasteiger partial charge in [0.2, 0.25) is 0 Å². The van der Waals surface area contributed by atoms with Crippen LogP contribution in [-0.2, 0) is 0 Å². The van der Waals surface area contributed by atoms with E-state index >= 15 is 0 Å². The maximum Gasteiger partial charge on any atom is 0.0912 e. The standard InChI is InChI=1S/C17H22N2/c1-17(14-18-17)16(19-12-6-3-7-13-19)11-10-15-8-4-2-5-9-15/h2,4-5,8-9,16,18H,3,6-7,12-14H2,1H3/t16-,17-/m1/s1. The first-order valence-corrected chi connectivity index (χ1v) is 7.34. The second kappa shape index (κ2) is 5.36. The van der Waals surface area contributed by atoms with E-state index < -0.39 is 0 Å². The summed E-state index contributed by atoms with van der Waals surface area (Å²) in [6, 6.07) is 10.7. The molecule has 0 aromatic heterocycles. The number of likely N-dealkylation sites (tertiary alicyclic amines) is 1. The summed E-state index contributed by atoms with van der Waals surface area (Å²) in [4.78, 5) is 2.57. The predicted molar refractivity (Wildman–Crippen MR) is 78.9 cm³/mol. The Hall–Kier alpha value is -1.30. The third-order valence-electron chi connectivity index (χ3n) is 4.22. The Morgan fingerprint density at radius 3 is 2.47 bits per heavy atom. The van der Waals surface area contributed by atoms with Crippen molar-refractivity contribution in [2.24, 2.45) is 0 Å². The molecule has 0 bridgehead atoms. The third kappa shape index (κ3) is 3.00. The second-order valence-corrected chi connectivity index (χ2v) is 5.91. The lowest BCUT2D eigenvalue weighted by Gasteiger charge is -2.34. The topological polar surface area (TPSA) is 25.2 Å². The summed E-state index contributed by atoms with van der Waals surface area (Å²) in [7, 11) is 0. The van der Waals surface area contributed by atoms with Gasteiger partial charge in [-0.3, -0.25) is 4.90 Å². The van der Waals surface area contributed by atoms with Crippen molar-refractivity contribution < 1.29 is 0 Å². The molecular weight excluding hydrogens is 232 g/mol. The Balaban J connectivity index is 1.78. The molecule has 100 valence electrons. The first-order valence-electron chi connectivity index (χ1n) is 7.34. The van der Waals surface area contributed by atoms with Gasteiger partial charge in [0.05, 0.1) is 11.6 Å². The average Bonchev–Trinajstić information content (AvgIpc) is 3.20. The van der Waals surface area contributed by atoms with E-state index in [2.05, 4.69) is 53.2 Å². The van der Waals surface area contributed by atoms with Gasteiger partial charge in [-0.25, -0.2) is 0 Å². The molecule has 2 aliphatic heterocycles. The fourth-order valence-electron chi connectivity index (χ4n) is 2.84. The molecule has 1 aromatic rings. The Kier molecular flexibility index (Phi) is 3.59. The van der Waals surface area contributed by atoms with Crippen LogP contribution in [0.2, 0.25) is 0 Å². The van der Waals surface area contributed by atoms with Crippen LogP contribution >= 0.6 is 0 Å². The van der Waals surface area contributed by atoms with Crippen LogP contribution < -0.4 is 5.32 Å². The molecule has 19 heavy (non-hydrogen) atoms. The molecule has 1 N–H and O–H groups in total. The van der Waals surface area contributed by atoms with Crippen molar-refractivity contribution in [3.05, 3.63) is 35.9 Å². The molecule has 0 radical (unpaired) electrons. The lowest BCUT2D eigenvalue weighted by atomic mass is 9.97. The van der Waals surface area contributed by atoms with Crippen molar-refractivity contribution in [1.82, 2.24) is 10.2 Å². The van der Waals surface area contributed by atoms with Crippen LogP contribution in [0.4, 0.5) is 0 Å². The van der Waals surface area contributed by atoms with Gasteiger partial charge in [-0.05, 0) is 45.0 Å². The normalized spacial score (nSPS) is 28.3. The van der Waals surface area contributed by atoms with Crippen molar-refractivity contribution in [1.29, 1.82) is 0 Å². The summed E-state index contributed by atoms with van der Waals surface area (Å²) in [5.74, 6) is 6.88. The minimum absolute atomic E-state index is 0.207. The second-order valence-electron chi connectivity index (χ2n) is 5.91.